The SMILES string of the molecule is Clc1ccc2ncc(-c3cccc(C[C@H]4CCC5(CCNCC5)CO4)n3)n2c1. The van der Waals surface area contributed by atoms with Crippen LogP contribution in [0.4, 0.5) is 0 Å². The average molecular weight is 397 g/mol. The minimum atomic E-state index is 0.264. The van der Waals surface area contributed by atoms with Crippen molar-refractivity contribution < 1.29 is 4.74 Å². The van der Waals surface area contributed by atoms with E-state index in [2.05, 4.69) is 22.4 Å². The Morgan fingerprint density at radius 3 is 2.89 bits per heavy atom. The van der Waals surface area contributed by atoms with Gasteiger partial charge >= 0.3 is 0 Å². The van der Waals surface area contributed by atoms with Gasteiger partial charge in [0.25, 0.3) is 0 Å². The topological polar surface area (TPSA) is 51.5 Å². The molecule has 2 saturated heterocycles. The van der Waals surface area contributed by atoms with E-state index in [0.29, 0.717) is 10.4 Å². The van der Waals surface area contributed by atoms with Gasteiger partial charge in [0.2, 0.25) is 0 Å². The highest BCUT2D eigenvalue weighted by Gasteiger charge is 2.37. The maximum atomic E-state index is 6.29. The first kappa shape index (κ1) is 18.1. The summed E-state index contributed by atoms with van der Waals surface area (Å²) in [6, 6.07) is 9.96. The molecule has 0 saturated carbocycles. The summed E-state index contributed by atoms with van der Waals surface area (Å²) in [5.74, 6) is 0. The van der Waals surface area contributed by atoms with E-state index in [9.17, 15) is 0 Å². The Morgan fingerprint density at radius 1 is 1.18 bits per heavy atom. The molecule has 28 heavy (non-hydrogen) atoms. The number of halogens is 1. The molecule has 146 valence electrons. The molecule has 1 spiro atoms. The minimum Gasteiger partial charge on any atom is -0.377 e. The Balaban J connectivity index is 1.32. The molecule has 0 unspecified atom stereocenters. The van der Waals surface area contributed by atoms with Gasteiger partial charge in [-0.2, -0.15) is 0 Å². The summed E-state index contributed by atoms with van der Waals surface area (Å²) in [6.07, 6.45) is 9.74. The fourth-order valence-corrected chi connectivity index (χ4v) is 4.70. The number of hydrogen-bond donors (Lipinski definition) is 1. The third-order valence-electron chi connectivity index (χ3n) is 6.26. The van der Waals surface area contributed by atoms with E-state index in [0.717, 1.165) is 55.3 Å². The zero-order chi connectivity index (χ0) is 19.0. The van der Waals surface area contributed by atoms with Crippen LogP contribution in [-0.2, 0) is 11.2 Å². The van der Waals surface area contributed by atoms with Gasteiger partial charge in [0.1, 0.15) is 5.65 Å². The number of rotatable bonds is 3. The standard InChI is InChI=1S/C22H25ClN4O/c23-16-4-5-21-25-13-20(27(21)14-16)19-3-1-2-17(26-19)12-18-6-7-22(15-28-18)8-10-24-11-9-22/h1-5,13-14,18,24H,6-12,15H2/t18-/m1/s1. The summed E-state index contributed by atoms with van der Waals surface area (Å²) in [6.45, 7) is 3.15. The molecule has 5 rings (SSSR count). The lowest BCUT2D eigenvalue weighted by Crippen LogP contribution is -2.44. The second-order valence-electron chi connectivity index (χ2n) is 8.16. The Labute approximate surface area is 170 Å². The Morgan fingerprint density at radius 2 is 2.07 bits per heavy atom. The second-order valence-corrected chi connectivity index (χ2v) is 8.60. The molecule has 0 amide bonds. The highest BCUT2D eigenvalue weighted by atomic mass is 35.5. The predicted octanol–water partition coefficient (Wildman–Crippen LogP) is 4.14. The van der Waals surface area contributed by atoms with Crippen LogP contribution in [0, 0.1) is 5.41 Å². The number of ether oxygens (including phenoxy) is 1. The summed E-state index contributed by atoms with van der Waals surface area (Å²) in [4.78, 5) is 9.36. The molecule has 2 aliphatic rings. The number of aromatic nitrogens is 3. The van der Waals surface area contributed by atoms with Crippen LogP contribution >= 0.6 is 11.6 Å². The number of pyridine rings is 2. The molecule has 3 aromatic rings. The van der Waals surface area contributed by atoms with Crippen molar-refractivity contribution in [3.05, 3.63) is 53.4 Å². The number of nitrogens with zero attached hydrogens (tertiary/aromatic N) is 3. The first-order valence-electron chi connectivity index (χ1n) is 10.1. The van der Waals surface area contributed by atoms with Crippen LogP contribution < -0.4 is 5.32 Å². The molecule has 5 heterocycles. The van der Waals surface area contributed by atoms with E-state index < -0.39 is 0 Å². The third-order valence-corrected chi connectivity index (χ3v) is 6.49. The molecule has 0 aliphatic carbocycles. The highest BCUT2D eigenvalue weighted by Crippen LogP contribution is 2.39. The first-order chi connectivity index (χ1) is 13.7. The smallest absolute Gasteiger partial charge is 0.137 e. The zero-order valence-corrected chi connectivity index (χ0v) is 16.7. The number of nitrogens with one attached hydrogen (secondary N) is 1. The van der Waals surface area contributed by atoms with Gasteiger partial charge in [-0.25, -0.2) is 4.98 Å². The lowest BCUT2D eigenvalue weighted by atomic mass is 9.74. The molecule has 2 aliphatic heterocycles. The van der Waals surface area contributed by atoms with E-state index in [1.807, 2.05) is 35.0 Å². The van der Waals surface area contributed by atoms with Gasteiger partial charge in [0.15, 0.2) is 0 Å². The monoisotopic (exact) mass is 396 g/mol. The van der Waals surface area contributed by atoms with Gasteiger partial charge in [-0.3, -0.25) is 9.38 Å². The maximum Gasteiger partial charge on any atom is 0.137 e. The lowest BCUT2D eigenvalue weighted by Gasteiger charge is -2.43. The van der Waals surface area contributed by atoms with Gasteiger partial charge < -0.3 is 10.1 Å². The third kappa shape index (κ3) is 3.54. The molecule has 0 aromatic carbocycles. The van der Waals surface area contributed by atoms with Crippen LogP contribution in [0.2, 0.25) is 5.02 Å². The minimum absolute atomic E-state index is 0.264. The summed E-state index contributed by atoms with van der Waals surface area (Å²) >= 11 is 6.17. The van der Waals surface area contributed by atoms with Crippen molar-refractivity contribution in [2.75, 3.05) is 19.7 Å². The summed E-state index contributed by atoms with van der Waals surface area (Å²) < 4.78 is 8.28. The van der Waals surface area contributed by atoms with Crippen LogP contribution in [0.25, 0.3) is 17.0 Å². The van der Waals surface area contributed by atoms with Crippen molar-refractivity contribution in [2.45, 2.75) is 38.2 Å². The largest absolute Gasteiger partial charge is 0.377 e. The van der Waals surface area contributed by atoms with Crippen LogP contribution in [0.1, 0.15) is 31.4 Å². The fraction of sp³-hybridized carbons (Fsp3) is 0.455. The zero-order valence-electron chi connectivity index (χ0n) is 15.9. The molecule has 5 nitrogen and oxygen atoms in total. The van der Waals surface area contributed by atoms with E-state index in [-0.39, 0.29) is 6.10 Å². The normalized spacial score (nSPS) is 22.0. The lowest BCUT2D eigenvalue weighted by molar-refractivity contribution is -0.0738. The summed E-state index contributed by atoms with van der Waals surface area (Å²) in [5, 5.41) is 4.15. The Bertz CT molecular complexity index is 970. The molecular weight excluding hydrogens is 372 g/mol. The predicted molar refractivity (Wildman–Crippen MR) is 111 cm³/mol. The average Bonchev–Trinajstić information content (AvgIpc) is 3.14. The number of hydrogen-bond acceptors (Lipinski definition) is 4. The number of fused-ring (bicyclic) bond motifs is 1. The molecular formula is C22H25ClN4O. The number of piperidine rings is 1. The van der Waals surface area contributed by atoms with E-state index >= 15 is 0 Å². The Kier molecular flexibility index (Phi) is 4.83. The van der Waals surface area contributed by atoms with Crippen LogP contribution in [-0.4, -0.2) is 40.2 Å². The van der Waals surface area contributed by atoms with Crippen molar-refractivity contribution in [1.29, 1.82) is 0 Å². The summed E-state index contributed by atoms with van der Waals surface area (Å²) in [7, 11) is 0. The molecule has 3 aromatic heterocycles. The van der Waals surface area contributed by atoms with Crippen molar-refractivity contribution in [3.63, 3.8) is 0 Å². The van der Waals surface area contributed by atoms with Crippen molar-refractivity contribution >= 4 is 17.2 Å². The Hall–Kier alpha value is -1.95. The molecule has 0 bridgehead atoms. The molecule has 1 atom stereocenters. The quantitative estimate of drug-likeness (QED) is 0.722. The van der Waals surface area contributed by atoms with E-state index in [1.54, 1.807) is 0 Å². The van der Waals surface area contributed by atoms with Gasteiger partial charge in [-0.05, 0) is 68.5 Å². The maximum absolute atomic E-state index is 6.29. The van der Waals surface area contributed by atoms with Crippen LogP contribution in [0.15, 0.2) is 42.7 Å². The second kappa shape index (κ2) is 7.47. The van der Waals surface area contributed by atoms with E-state index in [4.69, 9.17) is 21.3 Å². The fourth-order valence-electron chi connectivity index (χ4n) is 4.54. The van der Waals surface area contributed by atoms with Gasteiger partial charge in [-0.1, -0.05) is 17.7 Å². The molecule has 6 heteroatoms. The highest BCUT2D eigenvalue weighted by molar-refractivity contribution is 6.30. The van der Waals surface area contributed by atoms with Crippen molar-refractivity contribution in [3.8, 4) is 11.4 Å². The molecule has 2 fully saturated rings. The van der Waals surface area contributed by atoms with Gasteiger partial charge in [0, 0.05) is 18.3 Å². The van der Waals surface area contributed by atoms with Crippen molar-refractivity contribution in [1.82, 2.24) is 19.7 Å². The van der Waals surface area contributed by atoms with E-state index in [1.165, 1.54) is 19.3 Å². The number of imidazole rings is 1. The first-order valence-corrected chi connectivity index (χ1v) is 10.5. The molecule has 0 radical (unpaired) electrons. The molecule has 1 N–H and O–H groups in total. The summed E-state index contributed by atoms with van der Waals surface area (Å²) in [5.41, 5.74) is 4.22. The van der Waals surface area contributed by atoms with Crippen LogP contribution in [0.5, 0.6) is 0 Å². The van der Waals surface area contributed by atoms with Gasteiger partial charge in [0.05, 0.1) is 35.3 Å². The van der Waals surface area contributed by atoms with Crippen LogP contribution in [0.3, 0.4) is 0 Å². The van der Waals surface area contributed by atoms with Gasteiger partial charge in [-0.15, -0.1) is 0 Å². The van der Waals surface area contributed by atoms with Crippen molar-refractivity contribution in [2.24, 2.45) is 5.41 Å².